The molecule has 4 aliphatic heterocycles. The molecule has 4 heterocycles. The van der Waals surface area contributed by atoms with Crippen LogP contribution in [0.1, 0.15) is 118 Å². The molecule has 0 aromatic rings. The van der Waals surface area contributed by atoms with Crippen molar-refractivity contribution in [3.8, 4) is 0 Å². The Morgan fingerprint density at radius 2 is 0.887 bits per heavy atom. The minimum Gasteiger partial charge on any atom is -0.394 e. The van der Waals surface area contributed by atoms with Gasteiger partial charge in [-0.15, -0.1) is 0 Å². The summed E-state index contributed by atoms with van der Waals surface area (Å²) >= 11 is 0. The second-order valence-corrected chi connectivity index (χ2v) is 19.1. The summed E-state index contributed by atoms with van der Waals surface area (Å²) in [5, 5.41) is 106. The van der Waals surface area contributed by atoms with Crippen LogP contribution in [0.4, 0.5) is 0 Å². The van der Waals surface area contributed by atoms with E-state index in [0.717, 1.165) is 58.3 Å². The molecule has 71 heavy (non-hydrogen) atoms. The standard InChI is InChI=1S/C48H85N3O20/c1-6-7-8-9-10-11-12-13-14-15-16-17-18-19-20-21-33(58)51-34-39(61)38(60)29(22-52)65-47(34)71-44-32(25-55)68-48(36(41(44)63)50-28(4)57)70-42-30(23-53)66-45(26(2)37(42)59)69-43-31(24-54)67-46(64-5)35(40(43)62)49-27(3)56/h11-12,26,29-32,34-48,52-55,59-63H,6-10,13-25H2,1-5H3,(H,49,56)(H,50,57)(H,51,58)/b12-11-/t26-,29?,30?,31?,32?,34-,35+,36+,37-,38?,39-,40?,41?,42?,43-,44-,45?,46+,47?,48-/m1/s1. The number of hydrogen-bond donors (Lipinski definition) is 12. The molecule has 4 saturated heterocycles. The van der Waals surface area contributed by atoms with Gasteiger partial charge in [0.2, 0.25) is 17.7 Å². The lowest BCUT2D eigenvalue weighted by Crippen LogP contribution is -2.70. The highest BCUT2D eigenvalue weighted by molar-refractivity contribution is 5.76. The SMILES string of the molecule is CCCCCC/C=C\CCCCCCCCCC(=O)N[C@H]1C(O[C@@H]2C(CO)O[C@H](OC3C(CO)OC(O[C@@H]4C(CO)O[C@H](OC)[C@@H](NC(C)=O)C4O)[C@H](C)[C@H]3O)[C@@H](NC(C)=O)C2O)OC(CO)C(O)[C@@H]1O. The fourth-order valence-electron chi connectivity index (χ4n) is 9.52. The van der Waals surface area contributed by atoms with Crippen LogP contribution in [-0.2, 0) is 52.3 Å². The zero-order chi connectivity index (χ0) is 52.2. The molecule has 23 nitrogen and oxygen atoms in total. The number of hydrogen-bond acceptors (Lipinski definition) is 20. The summed E-state index contributed by atoms with van der Waals surface area (Å²) in [7, 11) is 1.28. The maximum Gasteiger partial charge on any atom is 0.220 e. The van der Waals surface area contributed by atoms with Crippen molar-refractivity contribution >= 4 is 17.7 Å². The topological polar surface area (TPSA) is 343 Å². The van der Waals surface area contributed by atoms with Crippen LogP contribution in [0.5, 0.6) is 0 Å². The first-order valence-electron chi connectivity index (χ1n) is 25.5. The lowest BCUT2D eigenvalue weighted by atomic mass is 9.90. The molecule has 10 unspecified atom stereocenters. The molecule has 0 spiro atoms. The van der Waals surface area contributed by atoms with Gasteiger partial charge in [-0.3, -0.25) is 14.4 Å². The molecule has 3 amide bonds. The van der Waals surface area contributed by atoms with Gasteiger partial charge in [-0.25, -0.2) is 0 Å². The van der Waals surface area contributed by atoms with Gasteiger partial charge < -0.3 is 99.8 Å². The summed E-state index contributed by atoms with van der Waals surface area (Å²) in [5.74, 6) is -2.69. The van der Waals surface area contributed by atoms with Crippen LogP contribution < -0.4 is 16.0 Å². The summed E-state index contributed by atoms with van der Waals surface area (Å²) in [6, 6.07) is -4.09. The lowest BCUT2D eigenvalue weighted by molar-refractivity contribution is -0.367. The molecule has 12 N–H and O–H groups in total. The molecule has 412 valence electrons. The smallest absolute Gasteiger partial charge is 0.220 e. The van der Waals surface area contributed by atoms with Gasteiger partial charge in [0.05, 0.1) is 32.5 Å². The Morgan fingerprint density at radius 3 is 1.37 bits per heavy atom. The molecular weight excluding hydrogens is 939 g/mol. The third-order valence-electron chi connectivity index (χ3n) is 13.6. The molecule has 4 fully saturated rings. The van der Waals surface area contributed by atoms with Gasteiger partial charge in [0.25, 0.3) is 0 Å². The predicted molar refractivity (Wildman–Crippen MR) is 250 cm³/mol. The Bertz CT molecular complexity index is 1580. The molecule has 0 saturated carbocycles. The molecule has 0 aromatic carbocycles. The van der Waals surface area contributed by atoms with Crippen molar-refractivity contribution in [3.05, 3.63) is 12.2 Å². The Balaban J connectivity index is 1.39. The normalized spacial score (nSPS) is 37.7. The van der Waals surface area contributed by atoms with E-state index < -0.39 is 167 Å². The van der Waals surface area contributed by atoms with Crippen LogP contribution in [0.15, 0.2) is 12.2 Å². The molecule has 0 radical (unpaired) electrons. The first-order valence-corrected chi connectivity index (χ1v) is 25.5. The minimum atomic E-state index is -1.80. The van der Waals surface area contributed by atoms with Crippen molar-refractivity contribution in [2.24, 2.45) is 5.92 Å². The van der Waals surface area contributed by atoms with Crippen molar-refractivity contribution in [1.29, 1.82) is 0 Å². The third kappa shape index (κ3) is 17.5. The fourth-order valence-corrected chi connectivity index (χ4v) is 9.52. The number of aliphatic hydroxyl groups is 9. The van der Waals surface area contributed by atoms with Crippen molar-refractivity contribution in [2.45, 2.75) is 234 Å². The molecule has 0 aliphatic carbocycles. The van der Waals surface area contributed by atoms with Crippen molar-refractivity contribution in [2.75, 3.05) is 33.5 Å². The highest BCUT2D eigenvalue weighted by Crippen LogP contribution is 2.36. The zero-order valence-electron chi connectivity index (χ0n) is 41.9. The molecular formula is C48H85N3O20. The van der Waals surface area contributed by atoms with Gasteiger partial charge in [0, 0.05) is 33.3 Å². The number of methoxy groups -OCH3 is 1. The van der Waals surface area contributed by atoms with E-state index in [1.165, 1.54) is 46.6 Å². The molecule has 0 aromatic heterocycles. The maximum absolute atomic E-state index is 13.3. The highest BCUT2D eigenvalue weighted by Gasteiger charge is 2.55. The minimum absolute atomic E-state index is 0.0849. The fraction of sp³-hybridized carbons (Fsp3) is 0.896. The van der Waals surface area contributed by atoms with E-state index >= 15 is 0 Å². The molecule has 4 aliphatic rings. The van der Waals surface area contributed by atoms with Crippen LogP contribution >= 0.6 is 0 Å². The van der Waals surface area contributed by atoms with Crippen molar-refractivity contribution in [3.63, 3.8) is 0 Å². The summed E-state index contributed by atoms with van der Waals surface area (Å²) in [5.41, 5.74) is 0. The summed E-state index contributed by atoms with van der Waals surface area (Å²) in [6.45, 7) is 3.01. The average Bonchev–Trinajstić information content (AvgIpc) is 3.34. The highest BCUT2D eigenvalue weighted by atomic mass is 16.8. The average molecular weight is 1020 g/mol. The second-order valence-electron chi connectivity index (χ2n) is 19.1. The molecule has 0 bridgehead atoms. The largest absolute Gasteiger partial charge is 0.394 e. The second kappa shape index (κ2) is 31.4. The van der Waals surface area contributed by atoms with Crippen LogP contribution in [0.2, 0.25) is 0 Å². The van der Waals surface area contributed by atoms with Gasteiger partial charge >= 0.3 is 0 Å². The van der Waals surface area contributed by atoms with E-state index in [1.54, 1.807) is 0 Å². The summed E-state index contributed by atoms with van der Waals surface area (Å²) < 4.78 is 47.4. The first-order chi connectivity index (χ1) is 34.0. The molecule has 4 rings (SSSR count). The quantitative estimate of drug-likeness (QED) is 0.0304. The Labute approximate surface area is 416 Å². The lowest BCUT2D eigenvalue weighted by Gasteiger charge is -2.50. The summed E-state index contributed by atoms with van der Waals surface area (Å²) in [6.07, 6.45) is -5.38. The molecule has 20 atom stereocenters. The maximum atomic E-state index is 13.3. The number of carbonyl (C=O) groups is 3. The van der Waals surface area contributed by atoms with Gasteiger partial charge in [0.15, 0.2) is 25.2 Å². The number of rotatable bonds is 29. The first kappa shape index (κ1) is 61.0. The van der Waals surface area contributed by atoms with E-state index in [2.05, 4.69) is 35.0 Å². The summed E-state index contributed by atoms with van der Waals surface area (Å²) in [4.78, 5) is 37.8. The van der Waals surface area contributed by atoms with Crippen LogP contribution in [0, 0.1) is 5.92 Å². The van der Waals surface area contributed by atoms with E-state index in [-0.39, 0.29) is 6.42 Å². The number of aliphatic hydroxyl groups excluding tert-OH is 9. The predicted octanol–water partition coefficient (Wildman–Crippen LogP) is -1.37. The van der Waals surface area contributed by atoms with Crippen LogP contribution in [0.25, 0.3) is 0 Å². The molecule has 23 heteroatoms. The zero-order valence-corrected chi connectivity index (χ0v) is 41.9. The number of ether oxygens (including phenoxy) is 8. The number of unbranched alkanes of at least 4 members (excludes halogenated alkanes) is 11. The van der Waals surface area contributed by atoms with Crippen LogP contribution in [0.3, 0.4) is 0 Å². The van der Waals surface area contributed by atoms with E-state index in [1.807, 2.05) is 0 Å². The van der Waals surface area contributed by atoms with Gasteiger partial charge in [-0.2, -0.15) is 0 Å². The Hall–Kier alpha value is -2.53. The third-order valence-corrected chi connectivity index (χ3v) is 13.6. The van der Waals surface area contributed by atoms with E-state index in [9.17, 15) is 60.3 Å². The number of carbonyl (C=O) groups excluding carboxylic acids is 3. The van der Waals surface area contributed by atoms with E-state index in [0.29, 0.717) is 6.42 Å². The number of allylic oxidation sites excluding steroid dienone is 2. The van der Waals surface area contributed by atoms with Gasteiger partial charge in [-0.1, -0.05) is 77.4 Å². The number of nitrogens with one attached hydrogen (secondary N) is 3. The Morgan fingerprint density at radius 1 is 0.493 bits per heavy atom. The number of amides is 3. The van der Waals surface area contributed by atoms with Gasteiger partial charge in [0.1, 0.15) is 85.3 Å². The monoisotopic (exact) mass is 1020 g/mol. The van der Waals surface area contributed by atoms with Crippen LogP contribution in [-0.4, -0.2) is 214 Å². The Kier molecular flexibility index (Phi) is 27.0. The van der Waals surface area contributed by atoms with Gasteiger partial charge in [-0.05, 0) is 32.1 Å². The van der Waals surface area contributed by atoms with Crippen molar-refractivity contribution < 1.29 is 98.2 Å². The van der Waals surface area contributed by atoms with E-state index in [4.69, 9.17) is 37.9 Å². The van der Waals surface area contributed by atoms with Crippen molar-refractivity contribution in [1.82, 2.24) is 16.0 Å².